The van der Waals surface area contributed by atoms with Crippen molar-refractivity contribution in [2.75, 3.05) is 0 Å². The van der Waals surface area contributed by atoms with Crippen LogP contribution in [-0.2, 0) is 25.6 Å². The average Bonchev–Trinajstić information content (AvgIpc) is 3.11. The number of aromatic nitrogens is 1. The second kappa shape index (κ2) is 10.6. The second-order valence-corrected chi connectivity index (χ2v) is 7.73. The van der Waals surface area contributed by atoms with Gasteiger partial charge in [0.1, 0.15) is 12.1 Å². The summed E-state index contributed by atoms with van der Waals surface area (Å²) in [5.74, 6) is -3.98. The van der Waals surface area contributed by atoms with Crippen molar-refractivity contribution in [3.05, 3.63) is 36.0 Å². The zero-order valence-electron chi connectivity index (χ0n) is 17.4. The van der Waals surface area contributed by atoms with E-state index in [2.05, 4.69) is 15.6 Å². The van der Waals surface area contributed by atoms with Crippen LogP contribution in [0.15, 0.2) is 30.5 Å². The van der Waals surface area contributed by atoms with Crippen LogP contribution in [0.1, 0.15) is 32.3 Å². The number of amides is 2. The van der Waals surface area contributed by atoms with Gasteiger partial charge in [0.25, 0.3) is 0 Å². The van der Waals surface area contributed by atoms with Crippen LogP contribution in [0.3, 0.4) is 0 Å². The Kier molecular flexibility index (Phi) is 8.14. The van der Waals surface area contributed by atoms with Gasteiger partial charge in [0, 0.05) is 29.9 Å². The van der Waals surface area contributed by atoms with Crippen molar-refractivity contribution in [2.24, 2.45) is 11.7 Å². The number of fused-ring (bicyclic) bond motifs is 1. The fourth-order valence-electron chi connectivity index (χ4n) is 3.19. The highest BCUT2D eigenvalue weighted by atomic mass is 16.4. The number of hydrogen-bond donors (Lipinski definition) is 6. The number of para-hydroxylation sites is 1. The maximum atomic E-state index is 12.9. The molecule has 0 spiro atoms. The maximum Gasteiger partial charge on any atom is 0.326 e. The first-order valence-corrected chi connectivity index (χ1v) is 9.96. The lowest BCUT2D eigenvalue weighted by Gasteiger charge is -2.24. The summed E-state index contributed by atoms with van der Waals surface area (Å²) in [4.78, 5) is 50.7. The third-order valence-corrected chi connectivity index (χ3v) is 4.97. The van der Waals surface area contributed by atoms with Gasteiger partial charge in [-0.2, -0.15) is 0 Å². The van der Waals surface area contributed by atoms with E-state index in [0.29, 0.717) is 0 Å². The standard InChI is InChI=1S/C21H28N4O6/c1-11(2)18(21(30)31)25-20(29)16(24-19(28)14(22)7-8-17(26)27)9-12-10-23-15-6-4-3-5-13(12)15/h3-6,10-11,14,16,18,23H,7-9,22H2,1-2H3,(H,24,28)(H,25,29)(H,26,27)(H,30,31). The number of aliphatic carboxylic acids is 2. The summed E-state index contributed by atoms with van der Waals surface area (Å²) in [5.41, 5.74) is 7.38. The van der Waals surface area contributed by atoms with Crippen LogP contribution in [-0.4, -0.2) is 57.1 Å². The van der Waals surface area contributed by atoms with Crippen molar-refractivity contribution in [1.82, 2.24) is 15.6 Å². The minimum atomic E-state index is -1.18. The zero-order chi connectivity index (χ0) is 23.1. The average molecular weight is 432 g/mol. The first kappa shape index (κ1) is 23.9. The van der Waals surface area contributed by atoms with E-state index in [-0.39, 0.29) is 25.2 Å². The van der Waals surface area contributed by atoms with Crippen LogP contribution in [0.2, 0.25) is 0 Å². The summed E-state index contributed by atoms with van der Waals surface area (Å²) in [6.07, 6.45) is 1.44. The van der Waals surface area contributed by atoms with E-state index in [9.17, 15) is 24.3 Å². The molecule has 7 N–H and O–H groups in total. The molecule has 0 saturated heterocycles. The van der Waals surface area contributed by atoms with E-state index in [0.717, 1.165) is 16.5 Å². The predicted molar refractivity (Wildman–Crippen MR) is 113 cm³/mol. The molecule has 0 bridgehead atoms. The van der Waals surface area contributed by atoms with E-state index in [1.807, 2.05) is 24.3 Å². The van der Waals surface area contributed by atoms with E-state index < -0.39 is 41.9 Å². The Morgan fingerprint density at radius 1 is 1.06 bits per heavy atom. The van der Waals surface area contributed by atoms with Crippen molar-refractivity contribution in [2.45, 2.75) is 51.2 Å². The molecule has 0 aliphatic carbocycles. The monoisotopic (exact) mass is 432 g/mol. The normalized spacial score (nSPS) is 14.1. The van der Waals surface area contributed by atoms with Crippen LogP contribution in [0.25, 0.3) is 10.9 Å². The molecule has 2 rings (SSSR count). The van der Waals surface area contributed by atoms with Crippen molar-refractivity contribution in [1.29, 1.82) is 0 Å². The molecular formula is C21H28N4O6. The fourth-order valence-corrected chi connectivity index (χ4v) is 3.19. The van der Waals surface area contributed by atoms with Gasteiger partial charge >= 0.3 is 11.9 Å². The van der Waals surface area contributed by atoms with Gasteiger partial charge in [-0.3, -0.25) is 14.4 Å². The third kappa shape index (κ3) is 6.54. The maximum absolute atomic E-state index is 12.9. The predicted octanol–water partition coefficient (Wildman–Crippen LogP) is 0.613. The lowest BCUT2D eigenvalue weighted by molar-refractivity contribution is -0.143. The summed E-state index contributed by atoms with van der Waals surface area (Å²) >= 11 is 0. The van der Waals surface area contributed by atoms with Crippen LogP contribution >= 0.6 is 0 Å². The van der Waals surface area contributed by atoms with Gasteiger partial charge in [-0.1, -0.05) is 32.0 Å². The van der Waals surface area contributed by atoms with E-state index in [1.165, 1.54) is 0 Å². The molecule has 3 atom stereocenters. The Hall–Kier alpha value is -3.40. The second-order valence-electron chi connectivity index (χ2n) is 7.73. The van der Waals surface area contributed by atoms with Gasteiger partial charge in [-0.25, -0.2) is 4.79 Å². The number of carbonyl (C=O) groups excluding carboxylic acids is 2. The molecule has 0 fully saturated rings. The fraction of sp³-hybridized carbons (Fsp3) is 0.429. The highest BCUT2D eigenvalue weighted by Crippen LogP contribution is 2.19. The molecule has 31 heavy (non-hydrogen) atoms. The topological polar surface area (TPSA) is 175 Å². The summed E-state index contributed by atoms with van der Waals surface area (Å²) < 4.78 is 0. The largest absolute Gasteiger partial charge is 0.481 e. The van der Waals surface area contributed by atoms with E-state index in [4.69, 9.17) is 10.8 Å². The minimum Gasteiger partial charge on any atom is -0.481 e. The van der Waals surface area contributed by atoms with Crippen LogP contribution in [0.5, 0.6) is 0 Å². The molecule has 1 aromatic heterocycles. The summed E-state index contributed by atoms with van der Waals surface area (Å²) in [6.45, 7) is 3.32. The van der Waals surface area contributed by atoms with Crippen LogP contribution in [0.4, 0.5) is 0 Å². The summed E-state index contributed by atoms with van der Waals surface area (Å²) in [7, 11) is 0. The highest BCUT2D eigenvalue weighted by Gasteiger charge is 2.30. The van der Waals surface area contributed by atoms with Gasteiger partial charge < -0.3 is 31.6 Å². The highest BCUT2D eigenvalue weighted by molar-refractivity contribution is 5.93. The number of carbonyl (C=O) groups is 4. The van der Waals surface area contributed by atoms with Gasteiger partial charge in [-0.05, 0) is 24.0 Å². The molecule has 168 valence electrons. The number of nitrogens with two attached hydrogens (primary N) is 1. The Balaban J connectivity index is 2.23. The van der Waals surface area contributed by atoms with Crippen molar-refractivity contribution in [3.63, 3.8) is 0 Å². The molecule has 1 heterocycles. The first-order valence-electron chi connectivity index (χ1n) is 9.96. The lowest BCUT2D eigenvalue weighted by Crippen LogP contribution is -2.56. The molecule has 10 nitrogen and oxygen atoms in total. The molecule has 10 heteroatoms. The number of rotatable bonds is 11. The van der Waals surface area contributed by atoms with Gasteiger partial charge in [0.2, 0.25) is 11.8 Å². The third-order valence-electron chi connectivity index (χ3n) is 4.97. The van der Waals surface area contributed by atoms with Crippen molar-refractivity contribution >= 4 is 34.7 Å². The molecule has 0 saturated carbocycles. The quantitative estimate of drug-likeness (QED) is 0.301. The molecular weight excluding hydrogens is 404 g/mol. The smallest absolute Gasteiger partial charge is 0.326 e. The van der Waals surface area contributed by atoms with Crippen molar-refractivity contribution < 1.29 is 29.4 Å². The number of nitrogens with one attached hydrogen (secondary N) is 3. The van der Waals surface area contributed by atoms with Crippen LogP contribution in [0, 0.1) is 5.92 Å². The van der Waals surface area contributed by atoms with E-state index in [1.54, 1.807) is 20.0 Å². The number of H-pyrrole nitrogens is 1. The number of aromatic amines is 1. The van der Waals surface area contributed by atoms with Crippen LogP contribution < -0.4 is 16.4 Å². The zero-order valence-corrected chi connectivity index (χ0v) is 17.4. The molecule has 0 aliphatic heterocycles. The molecule has 0 aliphatic rings. The van der Waals surface area contributed by atoms with E-state index >= 15 is 0 Å². The number of carboxylic acid groups (broad SMARTS) is 2. The summed E-state index contributed by atoms with van der Waals surface area (Å²) in [5, 5.41) is 24.0. The molecule has 3 unspecified atom stereocenters. The minimum absolute atomic E-state index is 0.0909. The molecule has 2 aromatic rings. The summed E-state index contributed by atoms with van der Waals surface area (Å²) in [6, 6.07) is 4.09. The Morgan fingerprint density at radius 2 is 1.74 bits per heavy atom. The molecule has 2 amide bonds. The van der Waals surface area contributed by atoms with Gasteiger partial charge in [-0.15, -0.1) is 0 Å². The van der Waals surface area contributed by atoms with Crippen molar-refractivity contribution in [3.8, 4) is 0 Å². The number of benzene rings is 1. The Bertz CT molecular complexity index is 954. The lowest BCUT2D eigenvalue weighted by atomic mass is 10.0. The Labute approximate surface area is 179 Å². The SMILES string of the molecule is CC(C)C(NC(=O)C(Cc1c[nH]c2ccccc12)NC(=O)C(N)CCC(=O)O)C(=O)O. The van der Waals surface area contributed by atoms with Gasteiger partial charge in [0.05, 0.1) is 6.04 Å². The Morgan fingerprint density at radius 3 is 2.35 bits per heavy atom. The molecule has 1 aromatic carbocycles. The molecule has 0 radical (unpaired) electrons. The number of hydrogen-bond acceptors (Lipinski definition) is 5. The first-order chi connectivity index (χ1) is 14.6. The van der Waals surface area contributed by atoms with Gasteiger partial charge in [0.15, 0.2) is 0 Å². The number of carboxylic acids is 2.